The lowest BCUT2D eigenvalue weighted by Gasteiger charge is -2.25. The van der Waals surface area contributed by atoms with Crippen molar-refractivity contribution in [2.45, 2.75) is 33.7 Å². The smallest absolute Gasteiger partial charge is 0.217 e. The first kappa shape index (κ1) is 9.63. The summed E-state index contributed by atoms with van der Waals surface area (Å²) in [5, 5.41) is 3.05. The standard InChI is InChI=1S/C8H16NO/c1-5-9-7(6-10)8(2,3)4/h7,9H,5H2,1-4H3. The zero-order valence-electron chi connectivity index (χ0n) is 7.19. The zero-order chi connectivity index (χ0) is 8.20. The molecule has 1 N–H and O–H groups in total. The molecule has 0 aliphatic rings. The van der Waals surface area contributed by atoms with Crippen LogP contribution in [-0.2, 0) is 4.79 Å². The van der Waals surface area contributed by atoms with Crippen LogP contribution in [0.2, 0.25) is 0 Å². The monoisotopic (exact) mass is 142 g/mol. The fourth-order valence-corrected chi connectivity index (χ4v) is 0.729. The Kier molecular flexibility index (Phi) is 3.58. The molecule has 0 saturated carbocycles. The molecule has 0 aromatic carbocycles. The van der Waals surface area contributed by atoms with Gasteiger partial charge in [-0.3, -0.25) is 4.79 Å². The van der Waals surface area contributed by atoms with Crippen molar-refractivity contribution in [2.24, 2.45) is 5.41 Å². The molecule has 0 rings (SSSR count). The predicted molar refractivity (Wildman–Crippen MR) is 42.6 cm³/mol. The molecule has 1 radical (unpaired) electrons. The van der Waals surface area contributed by atoms with E-state index in [2.05, 4.69) is 5.32 Å². The van der Waals surface area contributed by atoms with Gasteiger partial charge < -0.3 is 5.32 Å². The van der Waals surface area contributed by atoms with E-state index < -0.39 is 0 Å². The zero-order valence-corrected chi connectivity index (χ0v) is 7.19. The van der Waals surface area contributed by atoms with Gasteiger partial charge in [0.15, 0.2) is 0 Å². The molecule has 1 atom stereocenters. The van der Waals surface area contributed by atoms with Crippen molar-refractivity contribution >= 4 is 6.29 Å². The number of likely N-dealkylation sites (N-methyl/N-ethyl adjacent to an activating group) is 1. The van der Waals surface area contributed by atoms with E-state index in [1.807, 2.05) is 34.0 Å². The maximum absolute atomic E-state index is 10.4. The third kappa shape index (κ3) is 2.97. The second kappa shape index (κ2) is 3.71. The lowest BCUT2D eigenvalue weighted by molar-refractivity contribution is 0.324. The Labute approximate surface area is 63.0 Å². The van der Waals surface area contributed by atoms with E-state index in [0.717, 1.165) is 6.54 Å². The maximum atomic E-state index is 10.4. The molecule has 59 valence electrons. The number of carbonyl (C=O) groups excluding carboxylic acids is 1. The fourth-order valence-electron chi connectivity index (χ4n) is 0.729. The molecule has 2 heteroatoms. The van der Waals surface area contributed by atoms with Gasteiger partial charge in [-0.15, -0.1) is 0 Å². The van der Waals surface area contributed by atoms with Crippen molar-refractivity contribution in [1.82, 2.24) is 5.32 Å². The summed E-state index contributed by atoms with van der Waals surface area (Å²) in [5.41, 5.74) is -0.0161. The summed E-state index contributed by atoms with van der Waals surface area (Å²) in [7, 11) is 0. The molecule has 0 heterocycles. The Bertz CT molecular complexity index is 104. The number of hydrogen-bond donors (Lipinski definition) is 1. The van der Waals surface area contributed by atoms with Crippen LogP contribution in [0.1, 0.15) is 27.7 Å². The summed E-state index contributed by atoms with van der Waals surface area (Å²) in [6.45, 7) is 8.86. The van der Waals surface area contributed by atoms with Gasteiger partial charge in [0, 0.05) is 0 Å². The quantitative estimate of drug-likeness (QED) is 0.639. The first-order valence-electron chi connectivity index (χ1n) is 3.63. The van der Waals surface area contributed by atoms with E-state index in [1.165, 1.54) is 0 Å². The van der Waals surface area contributed by atoms with Crippen molar-refractivity contribution in [3.63, 3.8) is 0 Å². The van der Waals surface area contributed by atoms with Gasteiger partial charge in [0.25, 0.3) is 0 Å². The maximum Gasteiger partial charge on any atom is 0.217 e. The summed E-state index contributed by atoms with van der Waals surface area (Å²) in [5.74, 6) is 0. The average molecular weight is 142 g/mol. The normalized spacial score (nSPS) is 14.8. The molecule has 0 aromatic rings. The first-order valence-corrected chi connectivity index (χ1v) is 3.63. The van der Waals surface area contributed by atoms with Crippen LogP contribution in [0.5, 0.6) is 0 Å². The minimum atomic E-state index is -0.141. The summed E-state index contributed by atoms with van der Waals surface area (Å²) in [6.07, 6.45) is 1.98. The molecular formula is C8H16NO. The van der Waals surface area contributed by atoms with Crippen LogP contribution in [0.3, 0.4) is 0 Å². The summed E-state index contributed by atoms with van der Waals surface area (Å²) in [4.78, 5) is 10.4. The van der Waals surface area contributed by atoms with E-state index >= 15 is 0 Å². The van der Waals surface area contributed by atoms with E-state index in [4.69, 9.17) is 0 Å². The van der Waals surface area contributed by atoms with Crippen LogP contribution >= 0.6 is 0 Å². The third-order valence-electron chi connectivity index (χ3n) is 1.39. The summed E-state index contributed by atoms with van der Waals surface area (Å²) < 4.78 is 0. The van der Waals surface area contributed by atoms with Crippen molar-refractivity contribution in [2.75, 3.05) is 6.54 Å². The number of nitrogens with one attached hydrogen (secondary N) is 1. The second-order valence-electron chi connectivity index (χ2n) is 3.47. The molecular weight excluding hydrogens is 126 g/mol. The topological polar surface area (TPSA) is 29.1 Å². The minimum Gasteiger partial charge on any atom is -0.307 e. The highest BCUT2D eigenvalue weighted by molar-refractivity contribution is 5.59. The van der Waals surface area contributed by atoms with Crippen molar-refractivity contribution in [1.29, 1.82) is 0 Å². The Morgan fingerprint density at radius 2 is 2.00 bits per heavy atom. The van der Waals surface area contributed by atoms with Gasteiger partial charge in [-0.2, -0.15) is 0 Å². The van der Waals surface area contributed by atoms with Gasteiger partial charge in [-0.25, -0.2) is 0 Å². The molecule has 0 bridgehead atoms. The highest BCUT2D eigenvalue weighted by Gasteiger charge is 2.23. The van der Waals surface area contributed by atoms with Crippen LogP contribution in [-0.4, -0.2) is 18.9 Å². The third-order valence-corrected chi connectivity index (χ3v) is 1.39. The first-order chi connectivity index (χ1) is 4.52. The van der Waals surface area contributed by atoms with Crippen molar-refractivity contribution in [3.8, 4) is 0 Å². The van der Waals surface area contributed by atoms with Crippen LogP contribution in [0.15, 0.2) is 0 Å². The number of hydrogen-bond acceptors (Lipinski definition) is 2. The molecule has 0 aromatic heterocycles. The Morgan fingerprint density at radius 1 is 1.50 bits per heavy atom. The molecule has 10 heavy (non-hydrogen) atoms. The van der Waals surface area contributed by atoms with E-state index in [1.54, 1.807) is 0 Å². The highest BCUT2D eigenvalue weighted by atomic mass is 16.1. The van der Waals surface area contributed by atoms with Crippen molar-refractivity contribution < 1.29 is 4.79 Å². The molecule has 0 spiro atoms. The SMILES string of the molecule is CCNC([C]=O)C(C)(C)C. The van der Waals surface area contributed by atoms with E-state index in [9.17, 15) is 4.79 Å². The highest BCUT2D eigenvalue weighted by Crippen LogP contribution is 2.16. The van der Waals surface area contributed by atoms with E-state index in [0.29, 0.717) is 0 Å². The Hall–Kier alpha value is -0.370. The van der Waals surface area contributed by atoms with Crippen LogP contribution < -0.4 is 5.32 Å². The molecule has 1 unspecified atom stereocenters. The minimum absolute atomic E-state index is 0.0161. The largest absolute Gasteiger partial charge is 0.307 e. The molecule has 0 fully saturated rings. The molecule has 2 nitrogen and oxygen atoms in total. The van der Waals surface area contributed by atoms with Crippen LogP contribution in [0.25, 0.3) is 0 Å². The molecule has 0 aliphatic carbocycles. The van der Waals surface area contributed by atoms with Gasteiger partial charge >= 0.3 is 0 Å². The fraction of sp³-hybridized carbons (Fsp3) is 0.875. The summed E-state index contributed by atoms with van der Waals surface area (Å²) in [6, 6.07) is -0.141. The van der Waals surface area contributed by atoms with E-state index in [-0.39, 0.29) is 11.5 Å². The average Bonchev–Trinajstić information content (AvgIpc) is 1.80. The Morgan fingerprint density at radius 3 is 2.10 bits per heavy atom. The van der Waals surface area contributed by atoms with Gasteiger partial charge in [0.1, 0.15) is 0 Å². The summed E-state index contributed by atoms with van der Waals surface area (Å²) >= 11 is 0. The second-order valence-corrected chi connectivity index (χ2v) is 3.47. The predicted octanol–water partition coefficient (Wildman–Crippen LogP) is 1.12. The van der Waals surface area contributed by atoms with Gasteiger partial charge in [0.2, 0.25) is 6.29 Å². The van der Waals surface area contributed by atoms with Crippen LogP contribution in [0, 0.1) is 5.41 Å². The number of rotatable bonds is 3. The van der Waals surface area contributed by atoms with Crippen LogP contribution in [0.4, 0.5) is 0 Å². The van der Waals surface area contributed by atoms with Gasteiger partial charge in [0.05, 0.1) is 6.04 Å². The van der Waals surface area contributed by atoms with Gasteiger partial charge in [-0.05, 0) is 12.0 Å². The van der Waals surface area contributed by atoms with Gasteiger partial charge in [-0.1, -0.05) is 27.7 Å². The Balaban J connectivity index is 3.93. The van der Waals surface area contributed by atoms with Crippen molar-refractivity contribution in [3.05, 3.63) is 0 Å². The lowest BCUT2D eigenvalue weighted by atomic mass is 9.88. The molecule has 0 aliphatic heterocycles. The molecule has 0 saturated heterocycles. The lowest BCUT2D eigenvalue weighted by Crippen LogP contribution is -2.41. The molecule has 0 amide bonds.